The van der Waals surface area contributed by atoms with Gasteiger partial charge in [-0.25, -0.2) is 0 Å². The van der Waals surface area contributed by atoms with E-state index in [4.69, 9.17) is 0 Å². The summed E-state index contributed by atoms with van der Waals surface area (Å²) in [5.74, 6) is 0. The second-order valence-corrected chi connectivity index (χ2v) is 8.28. The van der Waals surface area contributed by atoms with Crippen LogP contribution in [0.3, 0.4) is 0 Å². The number of unbranched alkanes of at least 4 members (excludes halogenated alkanes) is 3. The van der Waals surface area contributed by atoms with Crippen LogP contribution in [0.5, 0.6) is 0 Å². The smallest absolute Gasteiger partial charge is 0.180 e. The molecule has 0 fully saturated rings. The highest BCUT2D eigenvalue weighted by Gasteiger charge is 2.35. The zero-order chi connectivity index (χ0) is 20.4. The number of benzene rings is 3. The van der Waals surface area contributed by atoms with Crippen molar-refractivity contribution in [1.29, 1.82) is 0 Å². The second-order valence-electron chi connectivity index (χ2n) is 7.47. The molecule has 148 valence electrons. The Morgan fingerprint density at radius 3 is 1.48 bits per heavy atom. The van der Waals surface area contributed by atoms with Gasteiger partial charge in [-0.05, 0) is 37.7 Å². The molecule has 1 nitrogen and oxygen atoms in total. The highest BCUT2D eigenvalue weighted by molar-refractivity contribution is 7.56. The number of hydrogen-bond acceptors (Lipinski definition) is 1. The first-order valence-electron chi connectivity index (χ1n) is 10.4. The molecule has 3 aromatic carbocycles. The van der Waals surface area contributed by atoms with Crippen LogP contribution in [-0.4, -0.2) is 11.8 Å². The van der Waals surface area contributed by atoms with Gasteiger partial charge in [0.15, 0.2) is 5.52 Å². The van der Waals surface area contributed by atoms with Crippen molar-refractivity contribution in [3.05, 3.63) is 108 Å². The summed E-state index contributed by atoms with van der Waals surface area (Å²) in [6.07, 6.45) is 9.68. The Hall–Kier alpha value is -2.50. The molecule has 2 heteroatoms. The number of hydrogen-bond donors (Lipinski definition) is 0. The van der Waals surface area contributed by atoms with E-state index >= 15 is 0 Å². The SMILES string of the molecule is C=PC(=O)CCCCCCC(c1ccccc1)(c1ccccc1)c1ccccc1. The van der Waals surface area contributed by atoms with E-state index in [9.17, 15) is 4.79 Å². The molecule has 0 aliphatic heterocycles. The van der Waals surface area contributed by atoms with Gasteiger partial charge in [-0.1, -0.05) is 117 Å². The molecule has 0 heterocycles. The van der Waals surface area contributed by atoms with Crippen LogP contribution >= 0.6 is 8.20 Å². The molecule has 0 aromatic heterocycles. The van der Waals surface area contributed by atoms with Gasteiger partial charge in [0.1, 0.15) is 0 Å². The van der Waals surface area contributed by atoms with Crippen LogP contribution in [0.25, 0.3) is 0 Å². The van der Waals surface area contributed by atoms with E-state index in [2.05, 4.69) is 97.3 Å². The minimum Gasteiger partial charge on any atom is -0.290 e. The third-order valence-corrected chi connectivity index (χ3v) is 6.24. The van der Waals surface area contributed by atoms with Crippen molar-refractivity contribution < 1.29 is 4.79 Å². The minimum absolute atomic E-state index is 0.161. The molecule has 0 bridgehead atoms. The summed E-state index contributed by atoms with van der Waals surface area (Å²) in [6, 6.07) is 32.6. The minimum atomic E-state index is -0.161. The van der Waals surface area contributed by atoms with E-state index in [1.165, 1.54) is 16.7 Å². The van der Waals surface area contributed by atoms with Gasteiger partial charge < -0.3 is 0 Å². The average molecular weight is 401 g/mol. The van der Waals surface area contributed by atoms with Gasteiger partial charge in [0, 0.05) is 11.8 Å². The molecule has 0 radical (unpaired) electrons. The first-order chi connectivity index (χ1) is 14.3. The van der Waals surface area contributed by atoms with Crippen LogP contribution in [-0.2, 0) is 10.2 Å². The molecule has 0 spiro atoms. The zero-order valence-corrected chi connectivity index (χ0v) is 17.9. The number of carbonyl (C=O) groups excluding carboxylic acids is 1. The summed E-state index contributed by atoms with van der Waals surface area (Å²) in [5.41, 5.74) is 4.10. The van der Waals surface area contributed by atoms with Gasteiger partial charge in [0.2, 0.25) is 0 Å². The largest absolute Gasteiger partial charge is 0.290 e. The molecule has 0 saturated carbocycles. The van der Waals surface area contributed by atoms with E-state index in [1.807, 2.05) is 0 Å². The third kappa shape index (κ3) is 5.31. The topological polar surface area (TPSA) is 17.1 Å². The monoisotopic (exact) mass is 400 g/mol. The molecule has 0 aliphatic carbocycles. The van der Waals surface area contributed by atoms with E-state index < -0.39 is 0 Å². The first-order valence-corrected chi connectivity index (χ1v) is 11.5. The fraction of sp³-hybridized carbons (Fsp3) is 0.259. The maximum Gasteiger partial charge on any atom is 0.180 e. The average Bonchev–Trinajstić information content (AvgIpc) is 2.80. The highest BCUT2D eigenvalue weighted by Crippen LogP contribution is 2.43. The molecule has 0 unspecified atom stereocenters. The summed E-state index contributed by atoms with van der Waals surface area (Å²) in [4.78, 5) is 11.5. The predicted octanol–water partition coefficient (Wildman–Crippen LogP) is 7.27. The Morgan fingerprint density at radius 2 is 1.07 bits per heavy atom. The molecular formula is C27H29OP. The Labute approximate surface area is 176 Å². The maximum atomic E-state index is 11.5. The van der Waals surface area contributed by atoms with Crippen LogP contribution in [0, 0.1) is 0 Å². The van der Waals surface area contributed by atoms with E-state index in [-0.39, 0.29) is 10.9 Å². The molecule has 0 saturated heterocycles. The van der Waals surface area contributed by atoms with Gasteiger partial charge >= 0.3 is 0 Å². The lowest BCUT2D eigenvalue weighted by Crippen LogP contribution is -2.29. The molecule has 0 atom stereocenters. The zero-order valence-electron chi connectivity index (χ0n) is 17.0. The molecule has 29 heavy (non-hydrogen) atoms. The summed E-state index contributed by atoms with van der Waals surface area (Å²) in [6.45, 7) is 0. The Bertz CT molecular complexity index is 791. The van der Waals surface area contributed by atoms with Crippen molar-refractivity contribution in [2.45, 2.75) is 43.9 Å². The molecule has 3 aromatic rings. The van der Waals surface area contributed by atoms with E-state index in [0.29, 0.717) is 14.6 Å². The van der Waals surface area contributed by atoms with Crippen LogP contribution in [0.1, 0.15) is 55.2 Å². The third-order valence-electron chi connectivity index (χ3n) is 5.67. The molecule has 0 amide bonds. The van der Waals surface area contributed by atoms with Gasteiger partial charge in [0.25, 0.3) is 0 Å². The van der Waals surface area contributed by atoms with Crippen molar-refractivity contribution in [3.8, 4) is 0 Å². The van der Waals surface area contributed by atoms with Crippen LogP contribution in [0.2, 0.25) is 0 Å². The lowest BCUT2D eigenvalue weighted by atomic mass is 9.66. The quantitative estimate of drug-likeness (QED) is 0.188. The van der Waals surface area contributed by atoms with E-state index in [1.54, 1.807) is 0 Å². The summed E-state index contributed by atoms with van der Waals surface area (Å²) < 4.78 is 0. The molecule has 0 aliphatic rings. The standard InChI is InChI=1S/C27H29OP/c1-29-26(28)21-13-2-3-14-22-27(23-15-7-4-8-16-23,24-17-9-5-10-18-24)25-19-11-6-12-20-25/h4-12,15-20H,1-3,13-14,21-22H2. The predicted molar refractivity (Wildman–Crippen MR) is 126 cm³/mol. The fourth-order valence-corrected chi connectivity index (χ4v) is 4.52. The van der Waals surface area contributed by atoms with Crippen LogP contribution in [0.15, 0.2) is 91.0 Å². The summed E-state index contributed by atoms with van der Waals surface area (Å²) >= 11 is 0. The van der Waals surface area contributed by atoms with Crippen molar-refractivity contribution in [1.82, 2.24) is 0 Å². The number of rotatable bonds is 11. The normalized spacial score (nSPS) is 11.4. The lowest BCUT2D eigenvalue weighted by molar-refractivity contribution is -0.111. The van der Waals surface area contributed by atoms with Crippen molar-refractivity contribution >= 4 is 20.0 Å². The van der Waals surface area contributed by atoms with Crippen LogP contribution < -0.4 is 0 Å². The van der Waals surface area contributed by atoms with Crippen LogP contribution in [0.4, 0.5) is 0 Å². The van der Waals surface area contributed by atoms with Crippen molar-refractivity contribution in [3.63, 3.8) is 0 Å². The fourth-order valence-electron chi connectivity index (χ4n) is 4.20. The lowest BCUT2D eigenvalue weighted by Gasteiger charge is -2.36. The summed E-state index contributed by atoms with van der Waals surface area (Å²) in [7, 11) is 0.642. The number of carbonyl (C=O) groups is 1. The Balaban J connectivity index is 1.89. The molecule has 0 N–H and O–H groups in total. The Kier molecular flexibility index (Phi) is 7.96. The molecule has 3 rings (SSSR count). The molecular weight excluding hydrogens is 371 g/mol. The summed E-state index contributed by atoms with van der Waals surface area (Å²) in [5, 5.41) is 0. The van der Waals surface area contributed by atoms with Gasteiger partial charge in [-0.2, -0.15) is 0 Å². The van der Waals surface area contributed by atoms with Crippen molar-refractivity contribution in [2.24, 2.45) is 0 Å². The van der Waals surface area contributed by atoms with Gasteiger partial charge in [0.05, 0.1) is 0 Å². The highest BCUT2D eigenvalue weighted by atomic mass is 31.1. The van der Waals surface area contributed by atoms with Gasteiger partial charge in [-0.3, -0.25) is 4.79 Å². The van der Waals surface area contributed by atoms with Gasteiger partial charge in [-0.15, -0.1) is 0 Å². The maximum absolute atomic E-state index is 11.5. The Morgan fingerprint density at radius 1 is 0.655 bits per heavy atom. The second kappa shape index (κ2) is 10.9. The first kappa shape index (κ1) is 21.2. The van der Waals surface area contributed by atoms with E-state index in [0.717, 1.165) is 32.1 Å². The van der Waals surface area contributed by atoms with Crippen molar-refractivity contribution in [2.75, 3.05) is 0 Å².